The zero-order valence-corrected chi connectivity index (χ0v) is 14.4. The molecule has 18 heavy (non-hydrogen) atoms. The average Bonchev–Trinajstić information content (AvgIpc) is 2.15. The zero-order valence-electron chi connectivity index (χ0n) is 9.61. The predicted molar refractivity (Wildman–Crippen MR) is 61.7 cm³/mol. The van der Waals surface area contributed by atoms with E-state index in [4.69, 9.17) is 14.8 Å². The summed E-state index contributed by atoms with van der Waals surface area (Å²) in [5, 5.41) is 17.2. The van der Waals surface area contributed by atoms with Gasteiger partial charge in [0.1, 0.15) is 0 Å². The van der Waals surface area contributed by atoms with Crippen LogP contribution in [0.2, 0.25) is 0 Å². The van der Waals surface area contributed by atoms with Crippen LogP contribution in [0.15, 0.2) is 23.1 Å². The largest absolute Gasteiger partial charge is 0.478 e. The molecule has 0 aliphatic rings. The Balaban J connectivity index is 0. The third-order valence-corrected chi connectivity index (χ3v) is 2.53. The topological polar surface area (TPSA) is 129 Å². The van der Waals surface area contributed by atoms with E-state index in [0.29, 0.717) is 12.1 Å². The molecule has 1 aromatic rings. The van der Waals surface area contributed by atoms with Gasteiger partial charge in [-0.1, -0.05) is 0 Å². The molecule has 0 spiro atoms. The first kappa shape index (κ1) is 20.4. The number of carbonyl (C=O) groups is 2. The number of aromatic carboxylic acids is 2. The van der Waals surface area contributed by atoms with Crippen LogP contribution in [0.4, 0.5) is 0 Å². The number of hydrogen-bond donors (Lipinski definition) is 3. The van der Waals surface area contributed by atoms with Crippen LogP contribution < -0.4 is 0 Å². The molecular formula is C8H6Na2O7S. The van der Waals surface area contributed by atoms with Crippen molar-refractivity contribution >= 4 is 81.2 Å². The monoisotopic (exact) mass is 292 g/mol. The van der Waals surface area contributed by atoms with Crippen molar-refractivity contribution in [1.82, 2.24) is 0 Å². The van der Waals surface area contributed by atoms with Gasteiger partial charge >= 0.3 is 11.9 Å². The van der Waals surface area contributed by atoms with Gasteiger partial charge < -0.3 is 10.2 Å². The molecule has 0 bridgehead atoms. The first-order valence-electron chi connectivity index (χ1n) is 3.81. The number of benzene rings is 1. The van der Waals surface area contributed by atoms with E-state index in [9.17, 15) is 18.0 Å². The second-order valence-electron chi connectivity index (χ2n) is 2.83. The molecule has 0 saturated carbocycles. The maximum Gasteiger partial charge on any atom is 0.335 e. The van der Waals surface area contributed by atoms with Crippen molar-refractivity contribution in [3.63, 3.8) is 0 Å². The van der Waals surface area contributed by atoms with Crippen LogP contribution in [-0.4, -0.2) is 94.2 Å². The van der Waals surface area contributed by atoms with E-state index >= 15 is 0 Å². The fraction of sp³-hybridized carbons (Fsp3) is 0. The third-order valence-electron chi connectivity index (χ3n) is 1.70. The fourth-order valence-electron chi connectivity index (χ4n) is 0.995. The van der Waals surface area contributed by atoms with Crippen molar-refractivity contribution in [3.8, 4) is 0 Å². The molecule has 88 valence electrons. The maximum absolute atomic E-state index is 10.8. The quantitative estimate of drug-likeness (QED) is 0.509. The Morgan fingerprint density at radius 3 is 1.44 bits per heavy atom. The smallest absolute Gasteiger partial charge is 0.335 e. The van der Waals surface area contributed by atoms with E-state index in [2.05, 4.69) is 0 Å². The summed E-state index contributed by atoms with van der Waals surface area (Å²) in [6.45, 7) is 0. The summed E-state index contributed by atoms with van der Waals surface area (Å²) in [5.74, 6) is -2.99. The van der Waals surface area contributed by atoms with E-state index in [1.54, 1.807) is 0 Å². The van der Waals surface area contributed by atoms with Gasteiger partial charge in [0.15, 0.2) is 0 Å². The van der Waals surface area contributed by atoms with Crippen LogP contribution in [-0.2, 0) is 10.1 Å². The van der Waals surface area contributed by atoms with Gasteiger partial charge in [0.05, 0.1) is 16.0 Å². The second kappa shape index (κ2) is 7.61. The van der Waals surface area contributed by atoms with Crippen molar-refractivity contribution in [2.75, 3.05) is 0 Å². The van der Waals surface area contributed by atoms with E-state index in [0.717, 1.165) is 6.07 Å². The van der Waals surface area contributed by atoms with Crippen LogP contribution in [0, 0.1) is 0 Å². The van der Waals surface area contributed by atoms with Crippen molar-refractivity contribution in [2.45, 2.75) is 4.90 Å². The molecular weight excluding hydrogens is 286 g/mol. The number of carboxylic acid groups (broad SMARTS) is 2. The van der Waals surface area contributed by atoms with E-state index in [-0.39, 0.29) is 59.1 Å². The van der Waals surface area contributed by atoms with Crippen molar-refractivity contribution in [2.24, 2.45) is 0 Å². The summed E-state index contributed by atoms with van der Waals surface area (Å²) in [5.41, 5.74) is -1.07. The average molecular weight is 292 g/mol. The number of carboxylic acids is 2. The molecule has 0 aliphatic heterocycles. The Kier molecular flexibility index (Phi) is 8.62. The fourth-order valence-corrected chi connectivity index (χ4v) is 1.55. The molecule has 0 heterocycles. The molecule has 0 saturated heterocycles. The third kappa shape index (κ3) is 5.37. The number of hydrogen-bond acceptors (Lipinski definition) is 4. The summed E-state index contributed by atoms with van der Waals surface area (Å²) >= 11 is 0. The minimum absolute atomic E-state index is 0. The molecule has 0 unspecified atom stereocenters. The van der Waals surface area contributed by atoms with Gasteiger partial charge in [-0.3, -0.25) is 4.55 Å². The van der Waals surface area contributed by atoms with Crippen molar-refractivity contribution in [3.05, 3.63) is 29.3 Å². The van der Waals surface area contributed by atoms with Crippen molar-refractivity contribution in [1.29, 1.82) is 0 Å². The van der Waals surface area contributed by atoms with Crippen LogP contribution in [0.25, 0.3) is 0 Å². The molecule has 10 heteroatoms. The summed E-state index contributed by atoms with van der Waals surface area (Å²) in [6.07, 6.45) is 0. The summed E-state index contributed by atoms with van der Waals surface area (Å²) in [7, 11) is -4.64. The zero-order chi connectivity index (χ0) is 12.5. The minimum Gasteiger partial charge on any atom is -0.478 e. The molecule has 0 aliphatic carbocycles. The van der Waals surface area contributed by atoms with Crippen LogP contribution >= 0.6 is 0 Å². The normalized spacial score (nSPS) is 9.83. The predicted octanol–water partition coefficient (Wildman–Crippen LogP) is -0.432. The van der Waals surface area contributed by atoms with Gasteiger partial charge in [0.2, 0.25) is 0 Å². The Morgan fingerprint density at radius 1 is 0.889 bits per heavy atom. The van der Waals surface area contributed by atoms with E-state index < -0.39 is 38.1 Å². The summed E-state index contributed by atoms with van der Waals surface area (Å²) in [6, 6.07) is 2.13. The first-order valence-corrected chi connectivity index (χ1v) is 5.25. The minimum atomic E-state index is -4.64. The van der Waals surface area contributed by atoms with Gasteiger partial charge in [-0.05, 0) is 18.2 Å². The molecule has 0 amide bonds. The van der Waals surface area contributed by atoms with Crippen LogP contribution in [0.1, 0.15) is 20.7 Å². The van der Waals surface area contributed by atoms with Gasteiger partial charge in [0.25, 0.3) is 10.1 Å². The molecule has 0 atom stereocenters. The SMILES string of the molecule is O=C(O)c1cc(C(=O)O)cc(S(=O)(=O)O)c1.[Na].[Na]. The Hall–Kier alpha value is 0.0700. The summed E-state index contributed by atoms with van der Waals surface area (Å²) in [4.78, 5) is 20.4. The Morgan fingerprint density at radius 2 is 1.22 bits per heavy atom. The van der Waals surface area contributed by atoms with Crippen LogP contribution in [0.5, 0.6) is 0 Å². The first-order chi connectivity index (χ1) is 7.21. The van der Waals surface area contributed by atoms with E-state index in [1.165, 1.54) is 0 Å². The maximum atomic E-state index is 10.8. The standard InChI is InChI=1S/C8H6O7S.2Na/c9-7(10)4-1-5(8(11)12)3-6(2-4)16(13,14)15;;/h1-3H,(H,9,10)(H,11,12)(H,13,14,15);;. The molecule has 1 aromatic carbocycles. The van der Waals surface area contributed by atoms with Crippen LogP contribution in [0.3, 0.4) is 0 Å². The van der Waals surface area contributed by atoms with Crippen molar-refractivity contribution < 1.29 is 32.8 Å². The molecule has 2 radical (unpaired) electrons. The van der Waals surface area contributed by atoms with E-state index in [1.807, 2.05) is 0 Å². The Labute approximate surface area is 147 Å². The van der Waals surface area contributed by atoms with Gasteiger partial charge in [-0.25, -0.2) is 9.59 Å². The van der Waals surface area contributed by atoms with Gasteiger partial charge in [-0.2, -0.15) is 8.42 Å². The second-order valence-corrected chi connectivity index (χ2v) is 4.25. The molecule has 7 nitrogen and oxygen atoms in total. The molecule has 0 fully saturated rings. The molecule has 0 aromatic heterocycles. The summed E-state index contributed by atoms with van der Waals surface area (Å²) < 4.78 is 30.2. The van der Waals surface area contributed by atoms with Gasteiger partial charge in [-0.15, -0.1) is 0 Å². The molecule has 3 N–H and O–H groups in total. The Bertz CT molecular complexity index is 535. The molecule has 1 rings (SSSR count). The van der Waals surface area contributed by atoms with Gasteiger partial charge in [0, 0.05) is 59.1 Å². The number of rotatable bonds is 3.